The summed E-state index contributed by atoms with van der Waals surface area (Å²) in [5, 5.41) is 7.27. The molecule has 1 atom stereocenters. The first-order valence-electron chi connectivity index (χ1n) is 2.79. The molecule has 0 heterocycles. The molecular weight excluding hydrogens is 158 g/mol. The SMILES string of the molecule is NCC(CCO)S(=O)(=O)O. The van der Waals surface area contributed by atoms with Crippen LogP contribution in [0.2, 0.25) is 0 Å². The van der Waals surface area contributed by atoms with E-state index in [1.807, 2.05) is 0 Å². The van der Waals surface area contributed by atoms with Gasteiger partial charge in [0.25, 0.3) is 10.1 Å². The monoisotopic (exact) mass is 169 g/mol. The Kier molecular flexibility index (Phi) is 3.80. The summed E-state index contributed by atoms with van der Waals surface area (Å²) in [5.74, 6) is 0. The van der Waals surface area contributed by atoms with Crippen molar-refractivity contribution < 1.29 is 18.1 Å². The maximum atomic E-state index is 10.3. The van der Waals surface area contributed by atoms with E-state index < -0.39 is 15.4 Å². The van der Waals surface area contributed by atoms with Gasteiger partial charge in [-0.3, -0.25) is 4.55 Å². The molecule has 0 amide bonds. The Hall–Kier alpha value is -0.170. The summed E-state index contributed by atoms with van der Waals surface area (Å²) in [6, 6.07) is 0. The van der Waals surface area contributed by atoms with E-state index in [1.54, 1.807) is 0 Å². The fourth-order valence-corrected chi connectivity index (χ4v) is 1.18. The summed E-state index contributed by atoms with van der Waals surface area (Å²) in [4.78, 5) is 0. The Morgan fingerprint density at radius 2 is 2.00 bits per heavy atom. The summed E-state index contributed by atoms with van der Waals surface area (Å²) in [6.07, 6.45) is -0.0185. The number of nitrogens with two attached hydrogens (primary N) is 1. The normalized spacial score (nSPS) is 15.1. The predicted octanol–water partition coefficient (Wildman–Crippen LogP) is -1.42. The lowest BCUT2D eigenvalue weighted by atomic mass is 10.3. The van der Waals surface area contributed by atoms with Crippen molar-refractivity contribution in [3.05, 3.63) is 0 Å². The van der Waals surface area contributed by atoms with Crippen LogP contribution in [0.3, 0.4) is 0 Å². The molecule has 0 aliphatic rings. The van der Waals surface area contributed by atoms with E-state index in [-0.39, 0.29) is 19.6 Å². The van der Waals surface area contributed by atoms with Crippen molar-refractivity contribution in [2.75, 3.05) is 13.2 Å². The molecule has 0 fully saturated rings. The molecule has 0 saturated carbocycles. The number of hydrogen-bond donors (Lipinski definition) is 3. The van der Waals surface area contributed by atoms with E-state index in [9.17, 15) is 8.42 Å². The Morgan fingerprint density at radius 3 is 2.10 bits per heavy atom. The van der Waals surface area contributed by atoms with E-state index in [2.05, 4.69) is 0 Å². The van der Waals surface area contributed by atoms with Crippen LogP contribution < -0.4 is 5.73 Å². The minimum absolute atomic E-state index is 0.0185. The summed E-state index contributed by atoms with van der Waals surface area (Å²) < 4.78 is 29.0. The van der Waals surface area contributed by atoms with Crippen molar-refractivity contribution in [1.29, 1.82) is 0 Å². The van der Waals surface area contributed by atoms with Crippen LogP contribution in [0.1, 0.15) is 6.42 Å². The number of aliphatic hydroxyl groups is 1. The topological polar surface area (TPSA) is 101 Å². The van der Waals surface area contributed by atoms with Crippen LogP contribution in [-0.4, -0.2) is 36.5 Å². The second-order valence-electron chi connectivity index (χ2n) is 1.88. The van der Waals surface area contributed by atoms with Gasteiger partial charge in [0.15, 0.2) is 0 Å². The van der Waals surface area contributed by atoms with Crippen molar-refractivity contribution in [3.63, 3.8) is 0 Å². The molecule has 1 unspecified atom stereocenters. The summed E-state index contributed by atoms with van der Waals surface area (Å²) in [5.41, 5.74) is 4.99. The van der Waals surface area contributed by atoms with Gasteiger partial charge in [-0.05, 0) is 6.42 Å². The van der Waals surface area contributed by atoms with Crippen LogP contribution in [0.25, 0.3) is 0 Å². The molecule has 62 valence electrons. The molecule has 0 radical (unpaired) electrons. The molecule has 0 aromatic heterocycles. The minimum atomic E-state index is -4.06. The average molecular weight is 169 g/mol. The fourth-order valence-electron chi connectivity index (χ4n) is 0.532. The van der Waals surface area contributed by atoms with Crippen LogP contribution in [0.5, 0.6) is 0 Å². The highest BCUT2D eigenvalue weighted by Crippen LogP contribution is 2.00. The third-order valence-corrected chi connectivity index (χ3v) is 2.41. The van der Waals surface area contributed by atoms with Crippen LogP contribution in [0.15, 0.2) is 0 Å². The van der Waals surface area contributed by atoms with Crippen LogP contribution >= 0.6 is 0 Å². The molecule has 5 nitrogen and oxygen atoms in total. The predicted molar refractivity (Wildman–Crippen MR) is 36.1 cm³/mol. The Labute approximate surface area is 59.6 Å². The van der Waals surface area contributed by atoms with Gasteiger partial charge in [-0.15, -0.1) is 0 Å². The largest absolute Gasteiger partial charge is 0.396 e. The van der Waals surface area contributed by atoms with E-state index in [4.69, 9.17) is 15.4 Å². The highest BCUT2D eigenvalue weighted by Gasteiger charge is 2.19. The maximum absolute atomic E-state index is 10.3. The van der Waals surface area contributed by atoms with Gasteiger partial charge in [-0.25, -0.2) is 0 Å². The number of hydrogen-bond acceptors (Lipinski definition) is 4. The molecule has 0 aromatic rings. The Bertz CT molecular complexity index is 176. The second-order valence-corrected chi connectivity index (χ2v) is 3.58. The Balaban J connectivity index is 4.08. The molecule has 0 bridgehead atoms. The lowest BCUT2D eigenvalue weighted by Gasteiger charge is -2.07. The van der Waals surface area contributed by atoms with Crippen molar-refractivity contribution in [2.24, 2.45) is 5.73 Å². The first-order valence-corrected chi connectivity index (χ1v) is 4.30. The lowest BCUT2D eigenvalue weighted by molar-refractivity contribution is 0.283. The van der Waals surface area contributed by atoms with Gasteiger partial charge in [0.2, 0.25) is 0 Å². The molecule has 6 heteroatoms. The second kappa shape index (κ2) is 3.87. The van der Waals surface area contributed by atoms with Crippen molar-refractivity contribution in [1.82, 2.24) is 0 Å². The first kappa shape index (κ1) is 9.83. The highest BCUT2D eigenvalue weighted by molar-refractivity contribution is 7.86. The first-order chi connectivity index (χ1) is 4.52. The Morgan fingerprint density at radius 1 is 1.50 bits per heavy atom. The standard InChI is InChI=1S/C4H11NO4S/c5-3-4(1-2-6)10(7,8)9/h4,6H,1-3,5H2,(H,7,8,9). The third kappa shape index (κ3) is 3.11. The number of aliphatic hydroxyl groups excluding tert-OH is 1. The lowest BCUT2D eigenvalue weighted by Crippen LogP contribution is -2.30. The zero-order valence-corrected chi connectivity index (χ0v) is 6.21. The van der Waals surface area contributed by atoms with Gasteiger partial charge in [-0.1, -0.05) is 0 Å². The third-order valence-electron chi connectivity index (χ3n) is 1.14. The van der Waals surface area contributed by atoms with E-state index in [0.29, 0.717) is 0 Å². The van der Waals surface area contributed by atoms with Crippen molar-refractivity contribution >= 4 is 10.1 Å². The van der Waals surface area contributed by atoms with Crippen molar-refractivity contribution in [3.8, 4) is 0 Å². The fraction of sp³-hybridized carbons (Fsp3) is 1.00. The minimum Gasteiger partial charge on any atom is -0.396 e. The molecule has 0 rings (SSSR count). The molecule has 0 aromatic carbocycles. The zero-order valence-electron chi connectivity index (χ0n) is 5.40. The molecule has 0 spiro atoms. The molecule has 0 aliphatic carbocycles. The van der Waals surface area contributed by atoms with E-state index >= 15 is 0 Å². The molecule has 4 N–H and O–H groups in total. The molecule has 10 heavy (non-hydrogen) atoms. The smallest absolute Gasteiger partial charge is 0.269 e. The molecular formula is C4H11NO4S. The summed E-state index contributed by atoms with van der Waals surface area (Å²) in [6.45, 7) is -0.457. The van der Waals surface area contributed by atoms with Crippen LogP contribution in [0.4, 0.5) is 0 Å². The van der Waals surface area contributed by atoms with Crippen LogP contribution in [-0.2, 0) is 10.1 Å². The van der Waals surface area contributed by atoms with Crippen molar-refractivity contribution in [2.45, 2.75) is 11.7 Å². The van der Waals surface area contributed by atoms with Gasteiger partial charge >= 0.3 is 0 Å². The quantitative estimate of drug-likeness (QED) is 0.448. The van der Waals surface area contributed by atoms with Gasteiger partial charge in [0.1, 0.15) is 5.25 Å². The van der Waals surface area contributed by atoms with Gasteiger partial charge in [-0.2, -0.15) is 8.42 Å². The van der Waals surface area contributed by atoms with Crippen LogP contribution in [0, 0.1) is 0 Å². The summed E-state index contributed by atoms with van der Waals surface area (Å²) >= 11 is 0. The molecule has 0 saturated heterocycles. The van der Waals surface area contributed by atoms with Gasteiger partial charge in [0.05, 0.1) is 0 Å². The van der Waals surface area contributed by atoms with E-state index in [1.165, 1.54) is 0 Å². The number of rotatable bonds is 4. The summed E-state index contributed by atoms with van der Waals surface area (Å²) in [7, 11) is -4.06. The zero-order chi connectivity index (χ0) is 8.20. The van der Waals surface area contributed by atoms with E-state index in [0.717, 1.165) is 0 Å². The average Bonchev–Trinajstić information content (AvgIpc) is 1.80. The van der Waals surface area contributed by atoms with Gasteiger partial charge in [0, 0.05) is 13.2 Å². The molecule has 0 aliphatic heterocycles. The van der Waals surface area contributed by atoms with Gasteiger partial charge < -0.3 is 10.8 Å². The highest BCUT2D eigenvalue weighted by atomic mass is 32.2. The maximum Gasteiger partial charge on any atom is 0.269 e.